The van der Waals surface area contributed by atoms with Gasteiger partial charge in [0, 0.05) is 37.9 Å². The maximum atomic E-state index is 12.4. The van der Waals surface area contributed by atoms with Crippen molar-refractivity contribution < 1.29 is 40.8 Å². The molecular weight excluding hydrogens is 468 g/mol. The number of aromatic nitrogens is 1. The summed E-state index contributed by atoms with van der Waals surface area (Å²) in [6.45, 7) is 8.13. The summed E-state index contributed by atoms with van der Waals surface area (Å²) in [5.41, 5.74) is 0.802. The number of pyridine rings is 1. The number of esters is 1. The van der Waals surface area contributed by atoms with Gasteiger partial charge in [-0.05, 0) is 52.5 Å². The number of aryl methyl sites for hydroxylation is 2. The first kappa shape index (κ1) is 33.1. The number of ether oxygens (including phenoxy) is 3. The van der Waals surface area contributed by atoms with Crippen molar-refractivity contribution in [2.75, 3.05) is 33.4 Å². The summed E-state index contributed by atoms with van der Waals surface area (Å²) in [4.78, 5) is 25.5. The molecule has 0 aliphatic rings. The van der Waals surface area contributed by atoms with Gasteiger partial charge in [-0.2, -0.15) is 0 Å². The summed E-state index contributed by atoms with van der Waals surface area (Å²) in [6, 6.07) is 4.25. The van der Waals surface area contributed by atoms with Gasteiger partial charge in [-0.25, -0.2) is 9.36 Å². The molecule has 0 bridgehead atoms. The predicted octanol–water partition coefficient (Wildman–Crippen LogP) is 2.00. The second kappa shape index (κ2) is 19.3. The molecule has 1 heterocycles. The normalized spacial score (nSPS) is 11.0. The van der Waals surface area contributed by atoms with E-state index >= 15 is 0 Å². The van der Waals surface area contributed by atoms with Gasteiger partial charge in [-0.3, -0.25) is 4.79 Å². The molecule has 1 rings (SSSR count). The number of halogens is 1. The van der Waals surface area contributed by atoms with E-state index in [1.165, 1.54) is 31.9 Å². The number of carbonyl (C=O) groups is 2. The Labute approximate surface area is 218 Å². The molecule has 1 amide bonds. The highest BCUT2D eigenvalue weighted by atomic mass is 35.5. The molecule has 0 spiro atoms. The van der Waals surface area contributed by atoms with Crippen molar-refractivity contribution >= 4 is 12.1 Å². The van der Waals surface area contributed by atoms with E-state index in [-0.39, 0.29) is 30.9 Å². The number of methoxy groups -OCH3 is 1. The fourth-order valence-corrected chi connectivity index (χ4v) is 3.62. The maximum Gasteiger partial charge on any atom is 0.410 e. The van der Waals surface area contributed by atoms with Gasteiger partial charge in [-0.1, -0.05) is 32.1 Å². The average Bonchev–Trinajstić information content (AvgIpc) is 2.77. The molecule has 0 fully saturated rings. The van der Waals surface area contributed by atoms with Crippen molar-refractivity contribution in [3.05, 3.63) is 30.1 Å². The molecule has 1 aromatic heterocycles. The number of rotatable bonds is 17. The zero-order chi connectivity index (χ0) is 25.2. The van der Waals surface area contributed by atoms with E-state index in [9.17, 15) is 9.59 Å². The monoisotopic (exact) mass is 514 g/mol. The van der Waals surface area contributed by atoms with Crippen molar-refractivity contribution in [3.63, 3.8) is 0 Å². The summed E-state index contributed by atoms with van der Waals surface area (Å²) >= 11 is 0. The number of hydrogen-bond donors (Lipinski definition) is 0. The SMILES string of the molecule is COC(=O)CCN(CCCCCCCCCOCCCc1ccc[n+](C)c1)C(=O)OC(C)(C)C.[Cl-]. The maximum absolute atomic E-state index is 12.4. The van der Waals surface area contributed by atoms with E-state index in [0.717, 1.165) is 51.7 Å². The third kappa shape index (κ3) is 18.1. The standard InChI is InChI=1S/C27H47N2O5.ClH/c1-27(2,3)34-26(31)29(20-17-25(30)32-5)19-11-9-7-6-8-10-12-21-33-22-14-16-24-15-13-18-28(4)23-24;/h13,15,18,23H,6-12,14,16-17,19-22H2,1-5H3;1H/q+1;/p-1. The van der Waals surface area contributed by atoms with Crippen LogP contribution in [-0.2, 0) is 32.5 Å². The number of amides is 1. The van der Waals surface area contributed by atoms with Crippen molar-refractivity contribution in [1.82, 2.24) is 4.90 Å². The first-order chi connectivity index (χ1) is 16.2. The summed E-state index contributed by atoms with van der Waals surface area (Å²) < 4.78 is 18.0. The van der Waals surface area contributed by atoms with E-state index in [0.29, 0.717) is 13.1 Å². The Morgan fingerprint density at radius 2 is 1.57 bits per heavy atom. The van der Waals surface area contributed by atoms with Gasteiger partial charge in [0.05, 0.1) is 13.5 Å². The Hall–Kier alpha value is -1.86. The summed E-state index contributed by atoms with van der Waals surface area (Å²) in [6.07, 6.45) is 14.0. The molecule has 8 heteroatoms. The number of carbonyl (C=O) groups excluding carboxylic acids is 2. The lowest BCUT2D eigenvalue weighted by molar-refractivity contribution is -0.671. The zero-order valence-corrected chi connectivity index (χ0v) is 23.3. The van der Waals surface area contributed by atoms with Crippen LogP contribution in [0.3, 0.4) is 0 Å². The van der Waals surface area contributed by atoms with Gasteiger partial charge >= 0.3 is 12.1 Å². The number of hydrogen-bond acceptors (Lipinski definition) is 5. The minimum atomic E-state index is -0.551. The quantitative estimate of drug-likeness (QED) is 0.181. The Balaban J connectivity index is 0.0000116. The molecule has 0 radical (unpaired) electrons. The molecule has 1 aromatic rings. The molecule has 0 saturated heterocycles. The van der Waals surface area contributed by atoms with Gasteiger partial charge < -0.3 is 31.5 Å². The van der Waals surface area contributed by atoms with Crippen LogP contribution in [0.4, 0.5) is 4.79 Å². The topological polar surface area (TPSA) is 69.0 Å². The van der Waals surface area contributed by atoms with Crippen LogP contribution in [0.15, 0.2) is 24.5 Å². The van der Waals surface area contributed by atoms with Crippen molar-refractivity contribution in [2.45, 2.75) is 90.6 Å². The van der Waals surface area contributed by atoms with Crippen molar-refractivity contribution in [1.29, 1.82) is 0 Å². The summed E-state index contributed by atoms with van der Waals surface area (Å²) in [5.74, 6) is -0.317. The highest BCUT2D eigenvalue weighted by Gasteiger charge is 2.22. The van der Waals surface area contributed by atoms with Gasteiger partial charge in [0.25, 0.3) is 0 Å². The van der Waals surface area contributed by atoms with Gasteiger partial charge in [0.15, 0.2) is 12.4 Å². The number of nitrogens with zero attached hydrogens (tertiary/aromatic N) is 2. The molecule has 35 heavy (non-hydrogen) atoms. The third-order valence-electron chi connectivity index (χ3n) is 5.44. The third-order valence-corrected chi connectivity index (χ3v) is 5.44. The Bertz CT molecular complexity index is 709. The van der Waals surface area contributed by atoms with Gasteiger partial charge in [0.2, 0.25) is 0 Å². The smallest absolute Gasteiger partial charge is 0.410 e. The second-order valence-corrected chi connectivity index (χ2v) is 9.86. The van der Waals surface area contributed by atoms with E-state index in [1.807, 2.05) is 34.0 Å². The van der Waals surface area contributed by atoms with Crippen LogP contribution in [-0.4, -0.2) is 56.0 Å². The van der Waals surface area contributed by atoms with Gasteiger partial charge in [0.1, 0.15) is 12.6 Å². The van der Waals surface area contributed by atoms with E-state index in [2.05, 4.69) is 22.9 Å². The summed E-state index contributed by atoms with van der Waals surface area (Å²) in [7, 11) is 3.41. The van der Waals surface area contributed by atoms with E-state index in [1.54, 1.807) is 4.90 Å². The Morgan fingerprint density at radius 1 is 0.943 bits per heavy atom. The van der Waals surface area contributed by atoms with Crippen LogP contribution in [0.5, 0.6) is 0 Å². The van der Waals surface area contributed by atoms with Crippen LogP contribution in [0.2, 0.25) is 0 Å². The highest BCUT2D eigenvalue weighted by molar-refractivity contribution is 5.72. The van der Waals surface area contributed by atoms with E-state index in [4.69, 9.17) is 14.2 Å². The van der Waals surface area contributed by atoms with Crippen LogP contribution in [0.25, 0.3) is 0 Å². The fraction of sp³-hybridized carbons (Fsp3) is 0.741. The van der Waals surface area contributed by atoms with Crippen LogP contribution in [0, 0.1) is 0 Å². The van der Waals surface area contributed by atoms with Crippen molar-refractivity contribution in [3.8, 4) is 0 Å². The lowest BCUT2D eigenvalue weighted by atomic mass is 10.1. The van der Waals surface area contributed by atoms with Crippen molar-refractivity contribution in [2.24, 2.45) is 7.05 Å². The molecule has 7 nitrogen and oxygen atoms in total. The number of unbranched alkanes of at least 4 members (excludes halogenated alkanes) is 6. The second-order valence-electron chi connectivity index (χ2n) is 9.86. The molecule has 0 aliphatic carbocycles. The molecule has 0 aliphatic heterocycles. The highest BCUT2D eigenvalue weighted by Crippen LogP contribution is 2.13. The molecule has 0 aromatic carbocycles. The largest absolute Gasteiger partial charge is 1.00 e. The van der Waals surface area contributed by atoms with Crippen LogP contribution in [0.1, 0.15) is 84.1 Å². The molecule has 0 unspecified atom stereocenters. The predicted molar refractivity (Wildman–Crippen MR) is 134 cm³/mol. The molecule has 0 saturated carbocycles. The lowest BCUT2D eigenvalue weighted by Crippen LogP contribution is -3.00. The summed E-state index contributed by atoms with van der Waals surface area (Å²) in [5, 5.41) is 0. The molecule has 202 valence electrons. The van der Waals surface area contributed by atoms with Crippen LogP contribution < -0.4 is 17.0 Å². The van der Waals surface area contributed by atoms with Gasteiger partial charge in [-0.15, -0.1) is 0 Å². The zero-order valence-electron chi connectivity index (χ0n) is 22.5. The Morgan fingerprint density at radius 3 is 2.20 bits per heavy atom. The lowest BCUT2D eigenvalue weighted by Gasteiger charge is -2.27. The minimum Gasteiger partial charge on any atom is -1.00 e. The molecular formula is C27H47ClN2O5. The first-order valence-corrected chi connectivity index (χ1v) is 12.8. The average molecular weight is 515 g/mol. The minimum absolute atomic E-state index is 0. The molecule has 0 atom stereocenters. The fourth-order valence-electron chi connectivity index (χ4n) is 3.62. The Kier molecular flexibility index (Phi) is 18.3. The molecule has 0 N–H and O–H groups in total. The van der Waals surface area contributed by atoms with Crippen LogP contribution >= 0.6 is 0 Å². The van der Waals surface area contributed by atoms with E-state index < -0.39 is 5.60 Å². The first-order valence-electron chi connectivity index (χ1n) is 12.8.